The first kappa shape index (κ1) is 13.1. The van der Waals surface area contributed by atoms with Crippen molar-refractivity contribution in [3.05, 3.63) is 36.4 Å². The summed E-state index contributed by atoms with van der Waals surface area (Å²) >= 11 is 1.85. The molecule has 2 N–H and O–H groups in total. The molecule has 6 heteroatoms. The third kappa shape index (κ3) is 2.80. The molecule has 0 spiro atoms. The summed E-state index contributed by atoms with van der Waals surface area (Å²) in [5, 5.41) is 2.84. The van der Waals surface area contributed by atoms with E-state index < -0.39 is 0 Å². The Hall–Kier alpha value is -1.95. The number of carbonyl (C=O) groups excluding carboxylic acids is 1. The van der Waals surface area contributed by atoms with E-state index in [0.717, 1.165) is 35.9 Å². The molecule has 1 aliphatic rings. The first-order chi connectivity index (χ1) is 9.72. The fourth-order valence-corrected chi connectivity index (χ4v) is 3.32. The van der Waals surface area contributed by atoms with Crippen molar-refractivity contribution in [3.63, 3.8) is 0 Å². The van der Waals surface area contributed by atoms with Crippen LogP contribution in [0.5, 0.6) is 0 Å². The Morgan fingerprint density at radius 3 is 3.20 bits per heavy atom. The highest BCUT2D eigenvalue weighted by Gasteiger charge is 2.18. The number of amides is 1. The summed E-state index contributed by atoms with van der Waals surface area (Å²) in [6.07, 6.45) is 3.61. The standard InChI is InChI=1S/C14H16N4OS/c1-10(19)17-11-2-3-14-13(6-11)18(4-5-20-14)8-12-7-15-9-16-12/h2-3,6-7,9H,4-5,8H2,1H3,(H,15,16)(H,17,19). The first-order valence-corrected chi connectivity index (χ1v) is 7.48. The molecule has 1 amide bonds. The molecule has 0 saturated carbocycles. The van der Waals surface area contributed by atoms with Crippen LogP contribution in [-0.2, 0) is 11.3 Å². The summed E-state index contributed by atoms with van der Waals surface area (Å²) in [5.41, 5.74) is 3.02. The summed E-state index contributed by atoms with van der Waals surface area (Å²) in [4.78, 5) is 22.0. The number of rotatable bonds is 3. The second-order valence-corrected chi connectivity index (χ2v) is 5.83. The highest BCUT2D eigenvalue weighted by Crippen LogP contribution is 2.37. The number of fused-ring (bicyclic) bond motifs is 1. The zero-order valence-corrected chi connectivity index (χ0v) is 12.0. The van der Waals surface area contributed by atoms with Gasteiger partial charge in [-0.3, -0.25) is 4.79 Å². The van der Waals surface area contributed by atoms with E-state index in [0.29, 0.717) is 0 Å². The van der Waals surface area contributed by atoms with Crippen LogP contribution < -0.4 is 10.2 Å². The lowest BCUT2D eigenvalue weighted by Crippen LogP contribution is -2.28. The zero-order chi connectivity index (χ0) is 13.9. The van der Waals surface area contributed by atoms with Crippen LogP contribution in [0.3, 0.4) is 0 Å². The second kappa shape index (κ2) is 5.58. The van der Waals surface area contributed by atoms with Gasteiger partial charge in [-0.1, -0.05) is 0 Å². The van der Waals surface area contributed by atoms with Crippen molar-refractivity contribution >= 4 is 29.0 Å². The minimum atomic E-state index is -0.0488. The molecule has 1 aliphatic heterocycles. The van der Waals surface area contributed by atoms with Gasteiger partial charge in [0.05, 0.1) is 24.3 Å². The quantitative estimate of drug-likeness (QED) is 0.911. The number of thioether (sulfide) groups is 1. The van der Waals surface area contributed by atoms with Gasteiger partial charge >= 0.3 is 0 Å². The Morgan fingerprint density at radius 1 is 1.55 bits per heavy atom. The number of aromatic amines is 1. The molecule has 2 aromatic rings. The van der Waals surface area contributed by atoms with Crippen molar-refractivity contribution in [3.8, 4) is 0 Å². The largest absolute Gasteiger partial charge is 0.364 e. The van der Waals surface area contributed by atoms with Crippen LogP contribution in [0.1, 0.15) is 12.6 Å². The summed E-state index contributed by atoms with van der Waals surface area (Å²) < 4.78 is 0. The number of aromatic nitrogens is 2. The average Bonchev–Trinajstić information content (AvgIpc) is 2.92. The summed E-state index contributed by atoms with van der Waals surface area (Å²) in [7, 11) is 0. The molecule has 3 rings (SSSR count). The normalized spacial score (nSPS) is 13.9. The molecule has 0 saturated heterocycles. The fraction of sp³-hybridized carbons (Fsp3) is 0.286. The molecule has 0 fully saturated rings. The molecule has 0 aliphatic carbocycles. The van der Waals surface area contributed by atoms with Gasteiger partial charge in [0.15, 0.2) is 0 Å². The lowest BCUT2D eigenvalue weighted by atomic mass is 10.2. The number of nitrogens with one attached hydrogen (secondary N) is 2. The fourth-order valence-electron chi connectivity index (χ4n) is 2.29. The van der Waals surface area contributed by atoms with Crippen molar-refractivity contribution in [1.82, 2.24) is 9.97 Å². The molecule has 0 bridgehead atoms. The first-order valence-electron chi connectivity index (χ1n) is 6.49. The van der Waals surface area contributed by atoms with E-state index in [-0.39, 0.29) is 5.91 Å². The molecule has 0 unspecified atom stereocenters. The number of hydrogen-bond acceptors (Lipinski definition) is 4. The zero-order valence-electron chi connectivity index (χ0n) is 11.2. The number of nitrogens with zero attached hydrogens (tertiary/aromatic N) is 2. The summed E-state index contributed by atoms with van der Waals surface area (Å²) in [6.45, 7) is 3.28. The van der Waals surface area contributed by atoms with Gasteiger partial charge in [0.25, 0.3) is 0 Å². The van der Waals surface area contributed by atoms with E-state index in [1.807, 2.05) is 30.1 Å². The molecular formula is C14H16N4OS. The molecule has 104 valence electrons. The van der Waals surface area contributed by atoms with Gasteiger partial charge in [-0.25, -0.2) is 4.98 Å². The topological polar surface area (TPSA) is 61.0 Å². The maximum atomic E-state index is 11.2. The Balaban J connectivity index is 1.87. The van der Waals surface area contributed by atoms with E-state index in [1.165, 1.54) is 11.8 Å². The van der Waals surface area contributed by atoms with Crippen LogP contribution >= 0.6 is 11.8 Å². The molecule has 0 atom stereocenters. The molecule has 0 radical (unpaired) electrons. The van der Waals surface area contributed by atoms with E-state index in [2.05, 4.69) is 26.3 Å². The van der Waals surface area contributed by atoms with Crippen LogP contribution in [-0.4, -0.2) is 28.2 Å². The third-order valence-corrected chi connectivity index (χ3v) is 4.19. The number of carbonyl (C=O) groups is 1. The van der Waals surface area contributed by atoms with Crippen LogP contribution in [0.4, 0.5) is 11.4 Å². The monoisotopic (exact) mass is 288 g/mol. The van der Waals surface area contributed by atoms with Gasteiger partial charge in [-0.15, -0.1) is 11.8 Å². The summed E-state index contributed by atoms with van der Waals surface area (Å²) in [6, 6.07) is 6.06. The van der Waals surface area contributed by atoms with Gasteiger partial charge in [-0.05, 0) is 18.2 Å². The molecule has 2 heterocycles. The molecule has 20 heavy (non-hydrogen) atoms. The van der Waals surface area contributed by atoms with Crippen LogP contribution in [0.2, 0.25) is 0 Å². The van der Waals surface area contributed by atoms with E-state index >= 15 is 0 Å². The van der Waals surface area contributed by atoms with Gasteiger partial charge in [0.2, 0.25) is 5.91 Å². The summed E-state index contributed by atoms with van der Waals surface area (Å²) in [5.74, 6) is 1.02. The van der Waals surface area contributed by atoms with Gasteiger partial charge < -0.3 is 15.2 Å². The predicted octanol–water partition coefficient (Wildman–Crippen LogP) is 2.48. The Labute approximate surface area is 121 Å². The van der Waals surface area contributed by atoms with Gasteiger partial charge in [0, 0.05) is 36.0 Å². The Kier molecular flexibility index (Phi) is 3.64. The number of anilines is 2. The molecular weight excluding hydrogens is 272 g/mol. The molecule has 1 aromatic carbocycles. The highest BCUT2D eigenvalue weighted by molar-refractivity contribution is 7.99. The third-order valence-electron chi connectivity index (χ3n) is 3.15. The molecule has 5 nitrogen and oxygen atoms in total. The number of H-pyrrole nitrogens is 1. The van der Waals surface area contributed by atoms with Crippen molar-refractivity contribution in [2.24, 2.45) is 0 Å². The molecule has 1 aromatic heterocycles. The Morgan fingerprint density at radius 2 is 2.45 bits per heavy atom. The lowest BCUT2D eigenvalue weighted by Gasteiger charge is -2.30. The van der Waals surface area contributed by atoms with Crippen molar-refractivity contribution in [2.75, 3.05) is 22.5 Å². The Bertz CT molecular complexity index is 612. The smallest absolute Gasteiger partial charge is 0.221 e. The SMILES string of the molecule is CC(=O)Nc1ccc2c(c1)N(Cc1c[nH]cn1)CCS2. The minimum absolute atomic E-state index is 0.0488. The lowest BCUT2D eigenvalue weighted by molar-refractivity contribution is -0.114. The van der Waals surface area contributed by atoms with Gasteiger partial charge in [0.1, 0.15) is 0 Å². The van der Waals surface area contributed by atoms with Crippen LogP contribution in [0.15, 0.2) is 35.6 Å². The number of benzene rings is 1. The predicted molar refractivity (Wildman–Crippen MR) is 81.1 cm³/mol. The second-order valence-electron chi connectivity index (χ2n) is 4.69. The number of imidazole rings is 1. The maximum Gasteiger partial charge on any atom is 0.221 e. The van der Waals surface area contributed by atoms with E-state index in [1.54, 1.807) is 6.33 Å². The van der Waals surface area contributed by atoms with Crippen molar-refractivity contribution in [1.29, 1.82) is 0 Å². The van der Waals surface area contributed by atoms with Crippen LogP contribution in [0, 0.1) is 0 Å². The average molecular weight is 288 g/mol. The minimum Gasteiger partial charge on any atom is -0.364 e. The number of hydrogen-bond donors (Lipinski definition) is 2. The van der Waals surface area contributed by atoms with Gasteiger partial charge in [-0.2, -0.15) is 0 Å². The maximum absolute atomic E-state index is 11.2. The van der Waals surface area contributed by atoms with E-state index in [9.17, 15) is 4.79 Å². The van der Waals surface area contributed by atoms with E-state index in [4.69, 9.17) is 0 Å². The van der Waals surface area contributed by atoms with Crippen molar-refractivity contribution < 1.29 is 4.79 Å². The highest BCUT2D eigenvalue weighted by atomic mass is 32.2. The van der Waals surface area contributed by atoms with Crippen LogP contribution in [0.25, 0.3) is 0 Å². The van der Waals surface area contributed by atoms with Crippen molar-refractivity contribution in [2.45, 2.75) is 18.4 Å².